The molecule has 5 nitrogen and oxygen atoms in total. The van der Waals surface area contributed by atoms with E-state index in [1.54, 1.807) is 0 Å². The molecule has 2 rings (SSSR count). The first-order valence-electron chi connectivity index (χ1n) is 8.77. The fraction of sp³-hybridized carbons (Fsp3) is 0.632. The Kier molecular flexibility index (Phi) is 5.67. The Morgan fingerprint density at radius 2 is 1.60 bits per heavy atom. The van der Waals surface area contributed by atoms with Gasteiger partial charge in [0, 0.05) is 6.54 Å². The zero-order valence-electron chi connectivity index (χ0n) is 16.4. The Labute approximate surface area is 151 Å². The molecule has 1 aliphatic rings. The van der Waals surface area contributed by atoms with E-state index < -0.39 is 5.60 Å². The van der Waals surface area contributed by atoms with Gasteiger partial charge in [0.25, 0.3) is 0 Å². The summed E-state index contributed by atoms with van der Waals surface area (Å²) < 4.78 is 17.4. The van der Waals surface area contributed by atoms with Crippen molar-refractivity contribution in [1.29, 1.82) is 0 Å². The monoisotopic (exact) mass is 347 g/mol. The number of benzene rings is 1. The summed E-state index contributed by atoms with van der Waals surface area (Å²) in [5, 5.41) is 3.10. The molecule has 1 fully saturated rings. The summed E-state index contributed by atoms with van der Waals surface area (Å²) >= 11 is 0. The maximum atomic E-state index is 11.7. The minimum Gasteiger partial charge on any atom is -0.459 e. The highest BCUT2D eigenvalue weighted by Crippen LogP contribution is 2.36. The molecule has 138 valence electrons. The average Bonchev–Trinajstić information content (AvgIpc) is 2.66. The minimum absolute atomic E-state index is 0.191. The molecule has 0 aromatic heterocycles. The molecule has 1 aromatic rings. The predicted octanol–water partition coefficient (Wildman–Crippen LogP) is 2.42. The topological polar surface area (TPSA) is 56.8 Å². The van der Waals surface area contributed by atoms with Crippen LogP contribution in [-0.4, -0.2) is 36.4 Å². The largest absolute Gasteiger partial charge is 0.494 e. The second-order valence-corrected chi connectivity index (χ2v) is 8.52. The summed E-state index contributed by atoms with van der Waals surface area (Å²) in [6.45, 7) is 14.5. The van der Waals surface area contributed by atoms with E-state index >= 15 is 0 Å². The smallest absolute Gasteiger partial charge is 0.459 e. The average molecular weight is 347 g/mol. The van der Waals surface area contributed by atoms with Gasteiger partial charge in [0.1, 0.15) is 5.60 Å². The molecule has 6 heteroatoms. The number of esters is 1. The molecule has 1 aliphatic heterocycles. The number of carbonyl (C=O) groups is 1. The highest BCUT2D eigenvalue weighted by atomic mass is 16.7. The molecule has 0 radical (unpaired) electrons. The Morgan fingerprint density at radius 1 is 1.08 bits per heavy atom. The second kappa shape index (κ2) is 7.10. The lowest BCUT2D eigenvalue weighted by molar-refractivity contribution is -0.153. The number of carbonyl (C=O) groups excluding carboxylic acids is 1. The van der Waals surface area contributed by atoms with Gasteiger partial charge in [-0.1, -0.05) is 24.3 Å². The van der Waals surface area contributed by atoms with Crippen LogP contribution in [0.2, 0.25) is 0 Å². The Morgan fingerprint density at radius 3 is 2.08 bits per heavy atom. The van der Waals surface area contributed by atoms with E-state index in [9.17, 15) is 4.79 Å². The van der Waals surface area contributed by atoms with Gasteiger partial charge in [-0.25, -0.2) is 0 Å². The molecule has 1 N–H and O–H groups in total. The molecule has 1 saturated heterocycles. The first-order valence-corrected chi connectivity index (χ1v) is 8.77. The number of nitrogens with one attached hydrogen (secondary N) is 1. The van der Waals surface area contributed by atoms with E-state index in [-0.39, 0.29) is 30.8 Å². The van der Waals surface area contributed by atoms with Gasteiger partial charge in [0.2, 0.25) is 0 Å². The number of hydrogen-bond acceptors (Lipinski definition) is 5. The Hall–Kier alpha value is -1.37. The van der Waals surface area contributed by atoms with Crippen molar-refractivity contribution in [1.82, 2.24) is 5.32 Å². The summed E-state index contributed by atoms with van der Waals surface area (Å²) in [5.41, 5.74) is 0.943. The Balaban J connectivity index is 1.86. The molecular formula is C19H30BNO4. The third-order valence-electron chi connectivity index (χ3n) is 4.52. The van der Waals surface area contributed by atoms with Crippen LogP contribution < -0.4 is 10.8 Å². The highest BCUT2D eigenvalue weighted by molar-refractivity contribution is 6.62. The van der Waals surface area contributed by atoms with E-state index in [1.807, 2.05) is 72.7 Å². The van der Waals surface area contributed by atoms with Gasteiger partial charge in [-0.2, -0.15) is 0 Å². The fourth-order valence-corrected chi connectivity index (χ4v) is 2.46. The summed E-state index contributed by atoms with van der Waals surface area (Å²) in [7, 11) is -0.353. The van der Waals surface area contributed by atoms with Gasteiger partial charge in [0.05, 0.1) is 17.7 Å². The summed E-state index contributed by atoms with van der Waals surface area (Å²) in [5.74, 6) is -0.249. The lowest BCUT2D eigenvalue weighted by Crippen LogP contribution is -2.41. The summed E-state index contributed by atoms with van der Waals surface area (Å²) in [6.07, 6.45) is 0. The van der Waals surface area contributed by atoms with Crippen LogP contribution in [-0.2, 0) is 25.4 Å². The molecule has 1 heterocycles. The van der Waals surface area contributed by atoms with Gasteiger partial charge in [-0.3, -0.25) is 4.79 Å². The standard InChI is InChI=1S/C19H30BNO4/c1-17(2,3)23-16(22)13-21-12-14-8-10-15(11-9-14)20-24-18(4,5)19(6,7)25-20/h8-11,21H,12-13H2,1-7H3. The predicted molar refractivity (Wildman–Crippen MR) is 99.7 cm³/mol. The van der Waals surface area contributed by atoms with Crippen LogP contribution in [0.4, 0.5) is 0 Å². The lowest BCUT2D eigenvalue weighted by atomic mass is 9.79. The summed E-state index contributed by atoms with van der Waals surface area (Å²) in [4.78, 5) is 11.7. The van der Waals surface area contributed by atoms with Crippen molar-refractivity contribution in [3.05, 3.63) is 29.8 Å². The van der Waals surface area contributed by atoms with E-state index in [0.29, 0.717) is 6.54 Å². The van der Waals surface area contributed by atoms with E-state index in [0.717, 1.165) is 11.0 Å². The Bertz CT molecular complexity index is 589. The van der Waals surface area contributed by atoms with Crippen molar-refractivity contribution < 1.29 is 18.8 Å². The van der Waals surface area contributed by atoms with Crippen LogP contribution in [0.3, 0.4) is 0 Å². The van der Waals surface area contributed by atoms with Crippen molar-refractivity contribution in [2.24, 2.45) is 0 Å². The SMILES string of the molecule is CC(C)(C)OC(=O)CNCc1ccc(B2OC(C)(C)C(C)(C)O2)cc1. The van der Waals surface area contributed by atoms with Crippen LogP contribution in [0.1, 0.15) is 54.0 Å². The fourth-order valence-electron chi connectivity index (χ4n) is 2.46. The van der Waals surface area contributed by atoms with Crippen molar-refractivity contribution >= 4 is 18.6 Å². The maximum absolute atomic E-state index is 11.7. The number of hydrogen-bond donors (Lipinski definition) is 1. The van der Waals surface area contributed by atoms with Gasteiger partial charge < -0.3 is 19.4 Å². The van der Waals surface area contributed by atoms with Crippen molar-refractivity contribution in [3.8, 4) is 0 Å². The van der Waals surface area contributed by atoms with Gasteiger partial charge in [-0.05, 0) is 59.5 Å². The third kappa shape index (κ3) is 5.30. The zero-order chi connectivity index (χ0) is 18.9. The molecule has 0 aliphatic carbocycles. The molecule has 0 amide bonds. The van der Waals surface area contributed by atoms with E-state index in [2.05, 4.69) is 5.32 Å². The van der Waals surface area contributed by atoms with Gasteiger partial charge >= 0.3 is 13.1 Å². The zero-order valence-corrected chi connectivity index (χ0v) is 16.4. The van der Waals surface area contributed by atoms with Crippen molar-refractivity contribution in [2.75, 3.05) is 6.54 Å². The van der Waals surface area contributed by atoms with Crippen LogP contribution in [0.15, 0.2) is 24.3 Å². The van der Waals surface area contributed by atoms with Crippen LogP contribution >= 0.6 is 0 Å². The molecule has 0 spiro atoms. The lowest BCUT2D eigenvalue weighted by Gasteiger charge is -2.32. The maximum Gasteiger partial charge on any atom is 0.494 e. The van der Waals surface area contributed by atoms with E-state index in [1.165, 1.54) is 0 Å². The minimum atomic E-state index is -0.455. The number of rotatable bonds is 5. The first kappa shape index (κ1) is 20.0. The van der Waals surface area contributed by atoms with Crippen LogP contribution in [0.25, 0.3) is 0 Å². The first-order chi connectivity index (χ1) is 11.4. The third-order valence-corrected chi connectivity index (χ3v) is 4.52. The molecule has 0 bridgehead atoms. The molecule has 0 atom stereocenters. The van der Waals surface area contributed by atoms with Gasteiger partial charge in [0.15, 0.2) is 0 Å². The molecule has 0 saturated carbocycles. The quantitative estimate of drug-likeness (QED) is 0.655. The van der Waals surface area contributed by atoms with Crippen molar-refractivity contribution in [3.63, 3.8) is 0 Å². The normalized spacial score (nSPS) is 19.1. The second-order valence-electron chi connectivity index (χ2n) is 8.52. The molecular weight excluding hydrogens is 317 g/mol. The van der Waals surface area contributed by atoms with Gasteiger partial charge in [-0.15, -0.1) is 0 Å². The highest BCUT2D eigenvalue weighted by Gasteiger charge is 2.51. The number of ether oxygens (including phenoxy) is 1. The summed E-state index contributed by atoms with van der Waals surface area (Å²) in [6, 6.07) is 8.05. The van der Waals surface area contributed by atoms with Crippen LogP contribution in [0.5, 0.6) is 0 Å². The van der Waals surface area contributed by atoms with Crippen LogP contribution in [0, 0.1) is 0 Å². The molecule has 0 unspecified atom stereocenters. The van der Waals surface area contributed by atoms with Crippen molar-refractivity contribution in [2.45, 2.75) is 71.8 Å². The van der Waals surface area contributed by atoms with E-state index in [4.69, 9.17) is 14.0 Å². The molecule has 25 heavy (non-hydrogen) atoms. The molecule has 1 aromatic carbocycles.